The molecule has 0 saturated carbocycles. The second kappa shape index (κ2) is 31.5. The number of carbonyl (C=O) groups is 2. The Morgan fingerprint density at radius 1 is 0.462 bits per heavy atom. The van der Waals surface area contributed by atoms with Crippen LogP contribution >= 0.6 is 0 Å². The van der Waals surface area contributed by atoms with Crippen LogP contribution in [0.1, 0.15) is 206 Å². The normalized spacial score (nSPS) is 12.1. The minimum atomic E-state index is -1.00. The van der Waals surface area contributed by atoms with Crippen LogP contribution in [-0.2, 0) is 14.3 Å². The maximum atomic E-state index is 12.1. The molecule has 0 aliphatic rings. The lowest BCUT2D eigenvalue weighted by atomic mass is 10.0. The molecule has 0 aromatic carbocycles. The summed E-state index contributed by atoms with van der Waals surface area (Å²) in [6.45, 7) is 4.53. The fourth-order valence-corrected chi connectivity index (χ4v) is 5.44. The first-order chi connectivity index (χ1) is 19.1. The number of hydrogen-bond acceptors (Lipinski definition) is 3. The first-order valence-electron chi connectivity index (χ1n) is 17.5. The number of unbranched alkanes of at least 4 members (excludes halogenated alkanes) is 26. The minimum Gasteiger partial charge on any atom is -0.479 e. The molecule has 0 rings (SSSR count). The highest BCUT2D eigenvalue weighted by molar-refractivity contribution is 5.77. The van der Waals surface area contributed by atoms with E-state index in [-0.39, 0.29) is 5.97 Å². The number of carboxylic acid groups (broad SMARTS) is 1. The van der Waals surface area contributed by atoms with Crippen LogP contribution in [0, 0.1) is 0 Å². The minimum absolute atomic E-state index is 0.341. The predicted octanol–water partition coefficient (Wildman–Crippen LogP) is 11.7. The molecule has 0 amide bonds. The summed E-state index contributed by atoms with van der Waals surface area (Å²) in [5.41, 5.74) is 0. The van der Waals surface area contributed by atoms with Gasteiger partial charge in [0.15, 0.2) is 6.10 Å². The molecule has 4 heteroatoms. The van der Waals surface area contributed by atoms with E-state index >= 15 is 0 Å². The molecule has 4 nitrogen and oxygen atoms in total. The number of hydrogen-bond donors (Lipinski definition) is 1. The molecule has 0 aliphatic carbocycles. The summed E-state index contributed by atoms with van der Waals surface area (Å²) < 4.78 is 5.30. The number of ether oxygens (including phenoxy) is 1. The van der Waals surface area contributed by atoms with Gasteiger partial charge in [-0.15, -0.1) is 0 Å². The smallest absolute Gasteiger partial charge is 0.345 e. The third-order valence-corrected chi connectivity index (χ3v) is 8.10. The largest absolute Gasteiger partial charge is 0.479 e. The Morgan fingerprint density at radius 2 is 0.744 bits per heavy atom. The third-order valence-electron chi connectivity index (χ3n) is 8.10. The van der Waals surface area contributed by atoms with E-state index in [1.165, 1.54) is 141 Å². The molecule has 39 heavy (non-hydrogen) atoms. The average Bonchev–Trinajstić information content (AvgIpc) is 2.92. The Bertz CT molecular complexity index is 519. The Hall–Kier alpha value is -1.06. The molecule has 0 spiro atoms. The monoisotopic (exact) mass is 553 g/mol. The predicted molar refractivity (Wildman–Crippen MR) is 167 cm³/mol. The Labute approximate surface area is 243 Å². The summed E-state index contributed by atoms with van der Waals surface area (Å²) in [5.74, 6) is -1.34. The quantitative estimate of drug-likeness (QED) is 0.0665. The molecular weight excluding hydrogens is 484 g/mol. The topological polar surface area (TPSA) is 63.6 Å². The molecule has 0 saturated heterocycles. The van der Waals surface area contributed by atoms with Gasteiger partial charge in [-0.2, -0.15) is 0 Å². The Kier molecular flexibility index (Phi) is 30.6. The van der Waals surface area contributed by atoms with Gasteiger partial charge in [-0.05, 0) is 19.3 Å². The van der Waals surface area contributed by atoms with E-state index in [1.807, 2.05) is 0 Å². The number of carboxylic acids is 1. The second-order valence-electron chi connectivity index (χ2n) is 12.0. The van der Waals surface area contributed by atoms with Gasteiger partial charge in [-0.3, -0.25) is 4.79 Å². The number of aliphatic carboxylic acids is 1. The van der Waals surface area contributed by atoms with E-state index in [2.05, 4.69) is 13.8 Å². The number of esters is 1. The van der Waals surface area contributed by atoms with Gasteiger partial charge in [0.2, 0.25) is 0 Å². The zero-order valence-corrected chi connectivity index (χ0v) is 26.5. The SMILES string of the molecule is CCCCCCCCCCCCCCCCC(=O)OC(CCCCCCCCCCCCCCCC)C(=O)O. The summed E-state index contributed by atoms with van der Waals surface area (Å²) in [7, 11) is 0. The summed E-state index contributed by atoms with van der Waals surface area (Å²) in [6, 6.07) is 0. The molecule has 1 N–H and O–H groups in total. The van der Waals surface area contributed by atoms with Crippen molar-refractivity contribution in [1.29, 1.82) is 0 Å². The van der Waals surface area contributed by atoms with E-state index in [4.69, 9.17) is 4.74 Å². The van der Waals surface area contributed by atoms with Gasteiger partial charge in [-0.1, -0.05) is 181 Å². The summed E-state index contributed by atoms with van der Waals surface area (Å²) >= 11 is 0. The first-order valence-corrected chi connectivity index (χ1v) is 17.5. The molecule has 0 aliphatic heterocycles. The van der Waals surface area contributed by atoms with Gasteiger partial charge >= 0.3 is 11.9 Å². The van der Waals surface area contributed by atoms with Crippen molar-refractivity contribution in [3.8, 4) is 0 Å². The maximum Gasteiger partial charge on any atom is 0.345 e. The second-order valence-corrected chi connectivity index (χ2v) is 12.0. The van der Waals surface area contributed by atoms with Crippen LogP contribution in [0.5, 0.6) is 0 Å². The van der Waals surface area contributed by atoms with Crippen molar-refractivity contribution in [3.05, 3.63) is 0 Å². The highest BCUT2D eigenvalue weighted by Crippen LogP contribution is 2.16. The highest BCUT2D eigenvalue weighted by Gasteiger charge is 2.21. The molecule has 0 bridgehead atoms. The zero-order valence-electron chi connectivity index (χ0n) is 26.5. The van der Waals surface area contributed by atoms with Crippen molar-refractivity contribution in [3.63, 3.8) is 0 Å². The molecule has 0 fully saturated rings. The highest BCUT2D eigenvalue weighted by atomic mass is 16.6. The summed E-state index contributed by atoms with van der Waals surface area (Å²) in [5, 5.41) is 9.44. The van der Waals surface area contributed by atoms with E-state index < -0.39 is 12.1 Å². The average molecular weight is 553 g/mol. The van der Waals surface area contributed by atoms with Crippen molar-refractivity contribution >= 4 is 11.9 Å². The van der Waals surface area contributed by atoms with Crippen LogP contribution in [0.15, 0.2) is 0 Å². The molecule has 232 valence electrons. The lowest BCUT2D eigenvalue weighted by molar-refractivity contribution is -0.164. The fraction of sp³-hybridized carbons (Fsp3) is 0.943. The van der Waals surface area contributed by atoms with Crippen molar-refractivity contribution in [2.75, 3.05) is 0 Å². The number of rotatable bonds is 32. The van der Waals surface area contributed by atoms with Gasteiger partial charge in [0, 0.05) is 6.42 Å². The van der Waals surface area contributed by atoms with Crippen LogP contribution in [0.3, 0.4) is 0 Å². The summed E-state index contributed by atoms with van der Waals surface area (Å²) in [6.07, 6.45) is 35.6. The van der Waals surface area contributed by atoms with Crippen molar-refractivity contribution in [2.24, 2.45) is 0 Å². The summed E-state index contributed by atoms with van der Waals surface area (Å²) in [4.78, 5) is 23.7. The van der Waals surface area contributed by atoms with Gasteiger partial charge in [0.1, 0.15) is 0 Å². The molecule has 1 atom stereocenters. The van der Waals surface area contributed by atoms with Gasteiger partial charge in [-0.25, -0.2) is 4.79 Å². The van der Waals surface area contributed by atoms with Crippen molar-refractivity contribution in [1.82, 2.24) is 0 Å². The molecule has 0 aromatic heterocycles. The van der Waals surface area contributed by atoms with E-state index in [9.17, 15) is 14.7 Å². The van der Waals surface area contributed by atoms with Crippen LogP contribution < -0.4 is 0 Å². The zero-order chi connectivity index (χ0) is 28.7. The third kappa shape index (κ3) is 29.7. The molecule has 0 aromatic rings. The van der Waals surface area contributed by atoms with Gasteiger partial charge in [0.05, 0.1) is 0 Å². The first kappa shape index (κ1) is 37.9. The van der Waals surface area contributed by atoms with Crippen molar-refractivity contribution in [2.45, 2.75) is 213 Å². The number of carbonyl (C=O) groups excluding carboxylic acids is 1. The van der Waals surface area contributed by atoms with Crippen LogP contribution in [0.2, 0.25) is 0 Å². The standard InChI is InChI=1S/C35H68O4/c1-3-5-7-9-11-13-15-17-19-21-23-25-27-29-31-33(35(37)38)39-34(36)32-30-28-26-24-22-20-18-16-14-12-10-8-6-4-2/h33H,3-32H2,1-2H3,(H,37,38). The Balaban J connectivity index is 3.53. The van der Waals surface area contributed by atoms with Crippen LogP contribution in [-0.4, -0.2) is 23.1 Å². The lowest BCUT2D eigenvalue weighted by Gasteiger charge is -2.13. The molecule has 0 radical (unpaired) electrons. The lowest BCUT2D eigenvalue weighted by Crippen LogP contribution is -2.27. The molecule has 0 heterocycles. The van der Waals surface area contributed by atoms with Crippen LogP contribution in [0.25, 0.3) is 0 Å². The van der Waals surface area contributed by atoms with Gasteiger partial charge < -0.3 is 9.84 Å². The molecule has 1 unspecified atom stereocenters. The van der Waals surface area contributed by atoms with Crippen LogP contribution in [0.4, 0.5) is 0 Å². The van der Waals surface area contributed by atoms with E-state index in [1.54, 1.807) is 0 Å². The maximum absolute atomic E-state index is 12.1. The van der Waals surface area contributed by atoms with E-state index in [0.717, 1.165) is 38.5 Å². The molecular formula is C35H68O4. The van der Waals surface area contributed by atoms with E-state index in [0.29, 0.717) is 12.8 Å². The van der Waals surface area contributed by atoms with Crippen molar-refractivity contribution < 1.29 is 19.4 Å². The Morgan fingerprint density at radius 3 is 1.05 bits per heavy atom. The fourth-order valence-electron chi connectivity index (χ4n) is 5.44. The van der Waals surface area contributed by atoms with Gasteiger partial charge in [0.25, 0.3) is 0 Å².